The van der Waals surface area contributed by atoms with Gasteiger partial charge in [-0.2, -0.15) is 0 Å². The normalized spacial score (nSPS) is 26.5. The van der Waals surface area contributed by atoms with Crippen LogP contribution in [0.3, 0.4) is 0 Å². The molecule has 0 spiro atoms. The van der Waals surface area contributed by atoms with E-state index in [0.29, 0.717) is 0 Å². The zero-order chi connectivity index (χ0) is 7.90. The average molecular weight is 149 g/mol. The van der Waals surface area contributed by atoms with Gasteiger partial charge in [0.25, 0.3) is 0 Å². The Morgan fingerprint density at radius 3 is 2.64 bits per heavy atom. The van der Waals surface area contributed by atoms with Crippen LogP contribution in [0.4, 0.5) is 0 Å². The molecule has 2 heteroatoms. The lowest BCUT2D eigenvalue weighted by atomic mass is 10.1. The monoisotopic (exact) mass is 149 g/mol. The summed E-state index contributed by atoms with van der Waals surface area (Å²) in [5.74, 6) is 0. The first-order chi connectivity index (χ1) is 5.20. The molecule has 1 aliphatic heterocycles. The standard InChI is InChI=1S/C9H11NO/c1-9(2)8(11-9)7-5-3-4-6-10-7/h3-6,8H,1-2H3. The molecule has 1 atom stereocenters. The predicted octanol–water partition coefficient (Wildman–Crippen LogP) is 1.93. The minimum absolute atomic E-state index is 0.00829. The van der Waals surface area contributed by atoms with Crippen molar-refractivity contribution in [2.24, 2.45) is 0 Å². The molecule has 1 saturated heterocycles. The molecule has 1 unspecified atom stereocenters. The Hall–Kier alpha value is -0.890. The number of hydrogen-bond acceptors (Lipinski definition) is 2. The fourth-order valence-corrected chi connectivity index (χ4v) is 1.22. The van der Waals surface area contributed by atoms with E-state index in [4.69, 9.17) is 4.74 Å². The van der Waals surface area contributed by atoms with Crippen molar-refractivity contribution in [2.45, 2.75) is 25.6 Å². The second-order valence-electron chi connectivity index (χ2n) is 3.36. The lowest BCUT2D eigenvalue weighted by Crippen LogP contribution is -1.98. The summed E-state index contributed by atoms with van der Waals surface area (Å²) in [6.07, 6.45) is 2.01. The van der Waals surface area contributed by atoms with Gasteiger partial charge in [-0.15, -0.1) is 0 Å². The summed E-state index contributed by atoms with van der Waals surface area (Å²) in [5, 5.41) is 0. The first-order valence-corrected chi connectivity index (χ1v) is 3.79. The van der Waals surface area contributed by atoms with Gasteiger partial charge >= 0.3 is 0 Å². The SMILES string of the molecule is CC1(C)OC1c1ccccn1. The molecular weight excluding hydrogens is 138 g/mol. The van der Waals surface area contributed by atoms with Gasteiger partial charge in [-0.3, -0.25) is 4.98 Å². The van der Waals surface area contributed by atoms with Crippen LogP contribution in [0.1, 0.15) is 25.6 Å². The number of nitrogens with zero attached hydrogens (tertiary/aromatic N) is 1. The van der Waals surface area contributed by atoms with Crippen LogP contribution in [0.2, 0.25) is 0 Å². The van der Waals surface area contributed by atoms with Crippen LogP contribution in [0.25, 0.3) is 0 Å². The molecular formula is C9H11NO. The highest BCUT2D eigenvalue weighted by molar-refractivity contribution is 5.16. The molecule has 0 saturated carbocycles. The Balaban J connectivity index is 2.21. The maximum absolute atomic E-state index is 5.43. The van der Waals surface area contributed by atoms with Crippen molar-refractivity contribution in [1.82, 2.24) is 4.98 Å². The molecule has 58 valence electrons. The minimum atomic E-state index is 0.00829. The Bertz CT molecular complexity index is 256. The maximum atomic E-state index is 5.43. The lowest BCUT2D eigenvalue weighted by molar-refractivity contribution is 0.324. The Labute approximate surface area is 66.2 Å². The number of ether oxygens (including phenoxy) is 1. The van der Waals surface area contributed by atoms with Gasteiger partial charge in [-0.05, 0) is 26.0 Å². The van der Waals surface area contributed by atoms with Gasteiger partial charge in [0.1, 0.15) is 6.10 Å². The van der Waals surface area contributed by atoms with E-state index in [2.05, 4.69) is 18.8 Å². The van der Waals surface area contributed by atoms with E-state index in [1.54, 1.807) is 6.20 Å². The summed E-state index contributed by atoms with van der Waals surface area (Å²) in [6, 6.07) is 5.90. The fraction of sp³-hybridized carbons (Fsp3) is 0.444. The van der Waals surface area contributed by atoms with E-state index >= 15 is 0 Å². The number of epoxide rings is 1. The van der Waals surface area contributed by atoms with Crippen molar-refractivity contribution >= 4 is 0 Å². The van der Waals surface area contributed by atoms with Gasteiger partial charge in [0.2, 0.25) is 0 Å². The van der Waals surface area contributed by atoms with Gasteiger partial charge in [-0.1, -0.05) is 6.07 Å². The van der Waals surface area contributed by atoms with Crippen molar-refractivity contribution < 1.29 is 4.74 Å². The topological polar surface area (TPSA) is 25.4 Å². The van der Waals surface area contributed by atoms with Crippen LogP contribution in [0, 0.1) is 0 Å². The molecule has 2 rings (SSSR count). The molecule has 0 aromatic carbocycles. The van der Waals surface area contributed by atoms with Gasteiger partial charge in [-0.25, -0.2) is 0 Å². The third-order valence-corrected chi connectivity index (χ3v) is 1.95. The van der Waals surface area contributed by atoms with Gasteiger partial charge < -0.3 is 4.74 Å². The summed E-state index contributed by atoms with van der Waals surface area (Å²) in [4.78, 5) is 4.21. The number of rotatable bonds is 1. The molecule has 11 heavy (non-hydrogen) atoms. The number of pyridine rings is 1. The largest absolute Gasteiger partial charge is 0.360 e. The Morgan fingerprint density at radius 2 is 2.18 bits per heavy atom. The van der Waals surface area contributed by atoms with Crippen LogP contribution in [0.15, 0.2) is 24.4 Å². The molecule has 0 amide bonds. The summed E-state index contributed by atoms with van der Waals surface area (Å²) in [7, 11) is 0. The van der Waals surface area contributed by atoms with Crippen LogP contribution >= 0.6 is 0 Å². The summed E-state index contributed by atoms with van der Waals surface area (Å²) in [6.45, 7) is 4.15. The molecule has 1 fully saturated rings. The smallest absolute Gasteiger partial charge is 0.129 e. The van der Waals surface area contributed by atoms with E-state index in [0.717, 1.165) is 5.69 Å². The average Bonchev–Trinajstić information content (AvgIpc) is 2.62. The van der Waals surface area contributed by atoms with Crippen molar-refractivity contribution in [3.8, 4) is 0 Å². The highest BCUT2D eigenvalue weighted by atomic mass is 16.6. The van der Waals surface area contributed by atoms with E-state index < -0.39 is 0 Å². The molecule has 0 N–H and O–H groups in total. The van der Waals surface area contributed by atoms with Crippen molar-refractivity contribution in [1.29, 1.82) is 0 Å². The molecule has 0 aliphatic carbocycles. The Kier molecular flexibility index (Phi) is 1.26. The summed E-state index contributed by atoms with van der Waals surface area (Å²) < 4.78 is 5.43. The zero-order valence-corrected chi connectivity index (χ0v) is 6.74. The van der Waals surface area contributed by atoms with Crippen LogP contribution in [0.5, 0.6) is 0 Å². The highest BCUT2D eigenvalue weighted by Crippen LogP contribution is 2.47. The predicted molar refractivity (Wildman–Crippen MR) is 42.1 cm³/mol. The third-order valence-electron chi connectivity index (χ3n) is 1.95. The van der Waals surface area contributed by atoms with E-state index in [1.165, 1.54) is 0 Å². The molecule has 0 bridgehead atoms. The fourth-order valence-electron chi connectivity index (χ4n) is 1.22. The van der Waals surface area contributed by atoms with Crippen LogP contribution in [-0.4, -0.2) is 10.6 Å². The van der Waals surface area contributed by atoms with Crippen LogP contribution in [-0.2, 0) is 4.74 Å². The van der Waals surface area contributed by atoms with E-state index in [-0.39, 0.29) is 11.7 Å². The lowest BCUT2D eigenvalue weighted by Gasteiger charge is -1.94. The van der Waals surface area contributed by atoms with Gasteiger partial charge in [0, 0.05) is 6.20 Å². The minimum Gasteiger partial charge on any atom is -0.360 e. The van der Waals surface area contributed by atoms with Crippen LogP contribution < -0.4 is 0 Å². The van der Waals surface area contributed by atoms with E-state index in [1.807, 2.05) is 18.2 Å². The maximum Gasteiger partial charge on any atom is 0.129 e. The van der Waals surface area contributed by atoms with Gasteiger partial charge in [0.15, 0.2) is 0 Å². The van der Waals surface area contributed by atoms with Crippen molar-refractivity contribution in [3.63, 3.8) is 0 Å². The quantitative estimate of drug-likeness (QED) is 0.570. The molecule has 1 aromatic heterocycles. The zero-order valence-electron chi connectivity index (χ0n) is 6.74. The van der Waals surface area contributed by atoms with Crippen molar-refractivity contribution in [3.05, 3.63) is 30.1 Å². The molecule has 2 nitrogen and oxygen atoms in total. The summed E-state index contributed by atoms with van der Waals surface area (Å²) in [5.41, 5.74) is 1.05. The van der Waals surface area contributed by atoms with E-state index in [9.17, 15) is 0 Å². The summed E-state index contributed by atoms with van der Waals surface area (Å²) >= 11 is 0. The van der Waals surface area contributed by atoms with Gasteiger partial charge in [0.05, 0.1) is 11.3 Å². The second kappa shape index (κ2) is 2.05. The molecule has 2 heterocycles. The third kappa shape index (κ3) is 1.14. The molecule has 0 radical (unpaired) electrons. The number of hydrogen-bond donors (Lipinski definition) is 0. The Morgan fingerprint density at radius 1 is 1.45 bits per heavy atom. The first kappa shape index (κ1) is 6.80. The van der Waals surface area contributed by atoms with Crippen molar-refractivity contribution in [2.75, 3.05) is 0 Å². The highest BCUT2D eigenvalue weighted by Gasteiger charge is 2.49. The number of aromatic nitrogens is 1. The first-order valence-electron chi connectivity index (χ1n) is 3.79. The molecule has 1 aromatic rings. The molecule has 1 aliphatic rings. The second-order valence-corrected chi connectivity index (χ2v) is 3.36.